The predicted molar refractivity (Wildman–Crippen MR) is 138 cm³/mol. The number of methoxy groups -OCH3 is 1. The Bertz CT molecular complexity index is 968. The molecule has 0 amide bonds. The quantitative estimate of drug-likeness (QED) is 0.470. The van der Waals surface area contributed by atoms with E-state index in [0.717, 1.165) is 34.7 Å². The van der Waals surface area contributed by atoms with E-state index in [0.29, 0.717) is 17.6 Å². The molecule has 7 nitrogen and oxygen atoms in total. The summed E-state index contributed by atoms with van der Waals surface area (Å²) in [7, 11) is 1.64. The summed E-state index contributed by atoms with van der Waals surface area (Å²) in [6.07, 6.45) is 6.26. The molecule has 0 aliphatic carbocycles. The van der Waals surface area contributed by atoms with Gasteiger partial charge in [0.15, 0.2) is 11.6 Å². The molecular formula is C21H27Cl3N6OS. The number of fused-ring (bicyclic) bond motifs is 3. The van der Waals surface area contributed by atoms with Crippen LogP contribution in [0.1, 0.15) is 12.8 Å². The molecule has 2 bridgehead atoms. The van der Waals surface area contributed by atoms with Crippen LogP contribution in [-0.2, 0) is 0 Å². The van der Waals surface area contributed by atoms with Crippen molar-refractivity contribution in [2.75, 3.05) is 37.4 Å². The molecule has 0 saturated carbocycles. The first-order chi connectivity index (χ1) is 14.3. The van der Waals surface area contributed by atoms with Crippen LogP contribution < -0.4 is 15.4 Å². The molecule has 174 valence electrons. The standard InChI is InChI=1S/C21H24N6OS.3ClH/c1-28-18-4-3-16(21-22-8-11-29-21)25-20(18)26-19-5-2-15(12-23-19)24-17-13-27-9-6-14(17)7-10-27;;;/h2-5,8,11-12,14,17,24H,6-7,9-10,13H2,1H3,(H,23,25,26);3*1H. The van der Waals surface area contributed by atoms with Crippen LogP contribution in [0.3, 0.4) is 0 Å². The van der Waals surface area contributed by atoms with Crippen molar-refractivity contribution < 1.29 is 4.74 Å². The molecule has 0 aromatic carbocycles. The van der Waals surface area contributed by atoms with Gasteiger partial charge in [-0.05, 0) is 56.1 Å². The number of hydrogen-bond acceptors (Lipinski definition) is 8. The number of aromatic nitrogens is 3. The number of anilines is 3. The van der Waals surface area contributed by atoms with Gasteiger partial charge in [0.1, 0.15) is 16.5 Å². The summed E-state index contributed by atoms with van der Waals surface area (Å²) in [5.41, 5.74) is 1.87. The van der Waals surface area contributed by atoms with E-state index in [1.807, 2.05) is 29.8 Å². The largest absolute Gasteiger partial charge is 0.493 e. The van der Waals surface area contributed by atoms with Gasteiger partial charge in [-0.3, -0.25) is 0 Å². The highest BCUT2D eigenvalue weighted by molar-refractivity contribution is 7.13. The van der Waals surface area contributed by atoms with Crippen LogP contribution in [0.25, 0.3) is 10.7 Å². The van der Waals surface area contributed by atoms with Crippen molar-refractivity contribution in [3.8, 4) is 16.5 Å². The Kier molecular flexibility index (Phi) is 9.79. The van der Waals surface area contributed by atoms with Gasteiger partial charge in [0, 0.05) is 24.2 Å². The molecular weight excluding hydrogens is 491 g/mol. The molecule has 1 unspecified atom stereocenters. The van der Waals surface area contributed by atoms with Crippen molar-refractivity contribution >= 4 is 65.9 Å². The third kappa shape index (κ3) is 5.74. The van der Waals surface area contributed by atoms with E-state index in [2.05, 4.69) is 36.6 Å². The lowest BCUT2D eigenvalue weighted by Gasteiger charge is -2.45. The van der Waals surface area contributed by atoms with Gasteiger partial charge in [0.05, 0.1) is 19.0 Å². The maximum atomic E-state index is 5.46. The number of piperidine rings is 3. The number of pyridine rings is 2. The normalized spacial score (nSPS) is 20.8. The van der Waals surface area contributed by atoms with Crippen LogP contribution in [0.4, 0.5) is 17.3 Å². The summed E-state index contributed by atoms with van der Waals surface area (Å²) >= 11 is 1.56. The lowest BCUT2D eigenvalue weighted by molar-refractivity contribution is 0.0975. The van der Waals surface area contributed by atoms with E-state index in [4.69, 9.17) is 4.74 Å². The minimum Gasteiger partial charge on any atom is -0.493 e. The van der Waals surface area contributed by atoms with Crippen molar-refractivity contribution in [2.45, 2.75) is 18.9 Å². The zero-order valence-electron chi connectivity index (χ0n) is 17.6. The van der Waals surface area contributed by atoms with Crippen LogP contribution in [0.15, 0.2) is 42.0 Å². The molecule has 1 atom stereocenters. The highest BCUT2D eigenvalue weighted by Crippen LogP contribution is 2.31. The second-order valence-electron chi connectivity index (χ2n) is 7.53. The van der Waals surface area contributed by atoms with Crippen molar-refractivity contribution in [3.05, 3.63) is 42.0 Å². The maximum absolute atomic E-state index is 5.46. The zero-order chi connectivity index (χ0) is 19.6. The Morgan fingerprint density at radius 3 is 2.47 bits per heavy atom. The Balaban J connectivity index is 0.00000121. The van der Waals surface area contributed by atoms with Crippen LogP contribution in [0, 0.1) is 5.92 Å². The molecule has 0 spiro atoms. The first kappa shape index (κ1) is 26.4. The molecule has 2 N–H and O–H groups in total. The topological polar surface area (TPSA) is 75.2 Å². The number of ether oxygens (including phenoxy) is 1. The Labute approximate surface area is 210 Å². The van der Waals surface area contributed by atoms with Crippen molar-refractivity contribution in [2.24, 2.45) is 5.92 Å². The first-order valence-electron chi connectivity index (χ1n) is 9.95. The SMILES string of the molecule is COc1ccc(-c2nccs2)nc1Nc1ccc(NC2CN3CCC2CC3)cn1.Cl.Cl.Cl. The Hall–Kier alpha value is -1.84. The molecule has 3 fully saturated rings. The van der Waals surface area contributed by atoms with E-state index in [1.165, 1.54) is 25.9 Å². The smallest absolute Gasteiger partial charge is 0.175 e. The summed E-state index contributed by atoms with van der Waals surface area (Å²) < 4.78 is 5.46. The predicted octanol–water partition coefficient (Wildman–Crippen LogP) is 5.12. The van der Waals surface area contributed by atoms with Gasteiger partial charge < -0.3 is 20.3 Å². The minimum atomic E-state index is 0. The van der Waals surface area contributed by atoms with Gasteiger partial charge >= 0.3 is 0 Å². The van der Waals surface area contributed by atoms with Gasteiger partial charge in [0.2, 0.25) is 0 Å². The van der Waals surface area contributed by atoms with Crippen LogP contribution in [0.5, 0.6) is 5.75 Å². The highest BCUT2D eigenvalue weighted by Gasteiger charge is 2.33. The van der Waals surface area contributed by atoms with Crippen molar-refractivity contribution in [3.63, 3.8) is 0 Å². The van der Waals surface area contributed by atoms with Gasteiger partial charge in [-0.1, -0.05) is 0 Å². The van der Waals surface area contributed by atoms with Gasteiger partial charge in [-0.2, -0.15) is 0 Å². The van der Waals surface area contributed by atoms with Gasteiger partial charge in [-0.15, -0.1) is 48.6 Å². The molecule has 0 radical (unpaired) electrons. The van der Waals surface area contributed by atoms with Crippen LogP contribution >= 0.6 is 48.6 Å². The van der Waals surface area contributed by atoms with E-state index in [-0.39, 0.29) is 37.2 Å². The summed E-state index contributed by atoms with van der Waals surface area (Å²) in [6, 6.07) is 8.38. The molecule has 3 aliphatic rings. The van der Waals surface area contributed by atoms with Crippen molar-refractivity contribution in [1.29, 1.82) is 0 Å². The maximum Gasteiger partial charge on any atom is 0.175 e. The minimum absolute atomic E-state index is 0. The number of hydrogen-bond donors (Lipinski definition) is 2. The molecule has 3 aromatic rings. The Morgan fingerprint density at radius 1 is 1.06 bits per heavy atom. The molecule has 6 rings (SSSR count). The van der Waals surface area contributed by atoms with E-state index >= 15 is 0 Å². The average molecular weight is 518 g/mol. The summed E-state index contributed by atoms with van der Waals surface area (Å²) in [5.74, 6) is 2.80. The lowest BCUT2D eigenvalue weighted by Crippen LogP contribution is -2.53. The second kappa shape index (κ2) is 11.9. The highest BCUT2D eigenvalue weighted by atomic mass is 35.5. The van der Waals surface area contributed by atoms with Crippen LogP contribution in [0.2, 0.25) is 0 Å². The lowest BCUT2D eigenvalue weighted by atomic mass is 9.84. The molecule has 32 heavy (non-hydrogen) atoms. The fourth-order valence-corrected chi connectivity index (χ4v) is 4.79. The number of thiazole rings is 1. The summed E-state index contributed by atoms with van der Waals surface area (Å²) in [4.78, 5) is 16.1. The second-order valence-corrected chi connectivity index (χ2v) is 8.43. The monoisotopic (exact) mass is 516 g/mol. The fraction of sp³-hybridized carbons (Fsp3) is 0.381. The molecule has 3 aliphatic heterocycles. The third-order valence-corrected chi connectivity index (χ3v) is 6.54. The third-order valence-electron chi connectivity index (χ3n) is 5.75. The summed E-state index contributed by atoms with van der Waals surface area (Å²) in [5, 5.41) is 9.77. The Morgan fingerprint density at radius 2 is 1.88 bits per heavy atom. The number of nitrogens with one attached hydrogen (secondary N) is 2. The van der Waals surface area contributed by atoms with E-state index in [1.54, 1.807) is 24.6 Å². The first-order valence-corrected chi connectivity index (χ1v) is 10.8. The van der Waals surface area contributed by atoms with Crippen LogP contribution in [-0.4, -0.2) is 52.6 Å². The average Bonchev–Trinajstić information content (AvgIpc) is 3.31. The molecule has 3 saturated heterocycles. The van der Waals surface area contributed by atoms with Crippen molar-refractivity contribution in [1.82, 2.24) is 19.9 Å². The molecule has 6 heterocycles. The fourth-order valence-electron chi connectivity index (χ4n) is 4.19. The van der Waals surface area contributed by atoms with E-state index < -0.39 is 0 Å². The number of halogens is 3. The van der Waals surface area contributed by atoms with Gasteiger partial charge in [0.25, 0.3) is 0 Å². The van der Waals surface area contributed by atoms with E-state index in [9.17, 15) is 0 Å². The molecule has 3 aromatic heterocycles. The zero-order valence-corrected chi connectivity index (χ0v) is 20.8. The number of rotatable bonds is 6. The van der Waals surface area contributed by atoms with Gasteiger partial charge in [-0.25, -0.2) is 15.0 Å². The molecule has 11 heteroatoms. The summed E-state index contributed by atoms with van der Waals surface area (Å²) in [6.45, 7) is 3.63. The number of nitrogens with zero attached hydrogens (tertiary/aromatic N) is 4.